The van der Waals surface area contributed by atoms with Gasteiger partial charge in [0.25, 0.3) is 0 Å². The second-order valence-electron chi connectivity index (χ2n) is 6.01. The Labute approximate surface area is 134 Å². The SMILES string of the molecule is Cc1ccc(NC(=S)NC(=O)C2CC2)cc1NC(=O)C1CC1. The van der Waals surface area contributed by atoms with Crippen molar-refractivity contribution in [2.75, 3.05) is 10.6 Å². The summed E-state index contributed by atoms with van der Waals surface area (Å²) in [6.45, 7) is 1.94. The smallest absolute Gasteiger partial charge is 0.229 e. The van der Waals surface area contributed by atoms with Gasteiger partial charge in [-0.25, -0.2) is 0 Å². The van der Waals surface area contributed by atoms with Crippen LogP contribution in [0.2, 0.25) is 0 Å². The van der Waals surface area contributed by atoms with Gasteiger partial charge >= 0.3 is 0 Å². The molecule has 3 rings (SSSR count). The van der Waals surface area contributed by atoms with Crippen LogP contribution in [0.5, 0.6) is 0 Å². The topological polar surface area (TPSA) is 70.2 Å². The molecule has 2 saturated carbocycles. The summed E-state index contributed by atoms with van der Waals surface area (Å²) in [6, 6.07) is 5.62. The van der Waals surface area contributed by atoms with E-state index < -0.39 is 0 Å². The van der Waals surface area contributed by atoms with Crippen LogP contribution in [0.4, 0.5) is 11.4 Å². The molecule has 6 heteroatoms. The van der Waals surface area contributed by atoms with Crippen LogP contribution in [0, 0.1) is 18.8 Å². The number of aryl methyl sites for hydroxylation is 1. The average molecular weight is 317 g/mol. The minimum Gasteiger partial charge on any atom is -0.332 e. The Hall–Kier alpha value is -1.95. The molecule has 116 valence electrons. The van der Waals surface area contributed by atoms with Gasteiger partial charge in [0.1, 0.15) is 0 Å². The third kappa shape index (κ3) is 3.82. The van der Waals surface area contributed by atoms with Crippen molar-refractivity contribution in [1.29, 1.82) is 0 Å². The summed E-state index contributed by atoms with van der Waals surface area (Å²) in [6.07, 6.45) is 3.83. The van der Waals surface area contributed by atoms with Gasteiger partial charge in [-0.05, 0) is 62.5 Å². The van der Waals surface area contributed by atoms with Crippen molar-refractivity contribution in [2.45, 2.75) is 32.6 Å². The van der Waals surface area contributed by atoms with Crippen molar-refractivity contribution in [3.8, 4) is 0 Å². The van der Waals surface area contributed by atoms with Crippen LogP contribution in [0.1, 0.15) is 31.2 Å². The van der Waals surface area contributed by atoms with E-state index in [1.54, 1.807) is 0 Å². The van der Waals surface area contributed by atoms with Gasteiger partial charge < -0.3 is 16.0 Å². The number of carbonyl (C=O) groups excluding carboxylic acids is 2. The molecule has 0 aromatic heterocycles. The Morgan fingerprint density at radius 3 is 2.32 bits per heavy atom. The molecule has 0 heterocycles. The number of rotatable bonds is 4. The number of carbonyl (C=O) groups is 2. The standard InChI is InChI=1S/C16H19N3O2S/c1-9-2-7-12(8-13(9)18-14(20)10-3-4-10)17-16(22)19-15(21)11-5-6-11/h2,7-8,10-11H,3-6H2,1H3,(H,18,20)(H2,17,19,21,22). The fourth-order valence-electron chi connectivity index (χ4n) is 2.14. The highest BCUT2D eigenvalue weighted by Gasteiger charge is 2.30. The van der Waals surface area contributed by atoms with Crippen LogP contribution in [-0.2, 0) is 9.59 Å². The van der Waals surface area contributed by atoms with Crippen LogP contribution >= 0.6 is 12.2 Å². The maximum absolute atomic E-state index is 11.9. The maximum atomic E-state index is 11.9. The van der Waals surface area contributed by atoms with E-state index in [-0.39, 0.29) is 23.7 Å². The minimum atomic E-state index is -0.0214. The molecule has 0 spiro atoms. The van der Waals surface area contributed by atoms with Crippen molar-refractivity contribution in [3.63, 3.8) is 0 Å². The van der Waals surface area contributed by atoms with Gasteiger partial charge in [-0.2, -0.15) is 0 Å². The van der Waals surface area contributed by atoms with E-state index in [9.17, 15) is 9.59 Å². The van der Waals surface area contributed by atoms with Crippen molar-refractivity contribution >= 4 is 40.5 Å². The number of thiocarbonyl (C=S) groups is 1. The van der Waals surface area contributed by atoms with Gasteiger partial charge in [-0.15, -0.1) is 0 Å². The predicted molar refractivity (Wildman–Crippen MR) is 89.6 cm³/mol. The summed E-state index contributed by atoms with van der Waals surface area (Å²) < 4.78 is 0. The molecule has 0 bridgehead atoms. The molecule has 3 N–H and O–H groups in total. The number of hydrogen-bond donors (Lipinski definition) is 3. The second-order valence-corrected chi connectivity index (χ2v) is 6.42. The number of benzene rings is 1. The maximum Gasteiger partial charge on any atom is 0.229 e. The first-order valence-corrected chi connectivity index (χ1v) is 7.97. The number of amides is 2. The molecular weight excluding hydrogens is 298 g/mol. The van der Waals surface area contributed by atoms with E-state index in [0.29, 0.717) is 5.11 Å². The molecule has 2 aliphatic rings. The zero-order valence-electron chi connectivity index (χ0n) is 12.4. The summed E-state index contributed by atoms with van der Waals surface area (Å²) in [5.74, 6) is 0.331. The first kappa shape index (κ1) is 15.0. The molecule has 1 aromatic carbocycles. The Kier molecular flexibility index (Phi) is 4.11. The largest absolute Gasteiger partial charge is 0.332 e. The zero-order valence-corrected chi connectivity index (χ0v) is 13.3. The third-order valence-corrected chi connectivity index (χ3v) is 4.09. The average Bonchev–Trinajstić information content (AvgIpc) is 3.34. The molecule has 0 radical (unpaired) electrons. The first-order valence-electron chi connectivity index (χ1n) is 7.56. The fourth-order valence-corrected chi connectivity index (χ4v) is 2.36. The molecule has 5 nitrogen and oxygen atoms in total. The summed E-state index contributed by atoms with van der Waals surface area (Å²) in [5.41, 5.74) is 2.52. The van der Waals surface area contributed by atoms with E-state index in [4.69, 9.17) is 12.2 Å². The van der Waals surface area contributed by atoms with Crippen molar-refractivity contribution in [3.05, 3.63) is 23.8 Å². The van der Waals surface area contributed by atoms with Crippen LogP contribution in [0.15, 0.2) is 18.2 Å². The highest BCUT2D eigenvalue weighted by Crippen LogP contribution is 2.31. The quantitative estimate of drug-likeness (QED) is 0.747. The van der Waals surface area contributed by atoms with Crippen molar-refractivity contribution < 1.29 is 9.59 Å². The predicted octanol–water partition coefficient (Wildman–Crippen LogP) is 2.57. The van der Waals surface area contributed by atoms with E-state index >= 15 is 0 Å². The van der Waals surface area contributed by atoms with Crippen molar-refractivity contribution in [2.24, 2.45) is 11.8 Å². The molecule has 2 fully saturated rings. The summed E-state index contributed by atoms with van der Waals surface area (Å²) in [7, 11) is 0. The lowest BCUT2D eigenvalue weighted by Crippen LogP contribution is -2.35. The normalized spacial score (nSPS) is 16.8. The zero-order chi connectivity index (χ0) is 15.7. The number of nitrogens with one attached hydrogen (secondary N) is 3. The second kappa shape index (κ2) is 6.04. The first-order chi connectivity index (χ1) is 10.5. The lowest BCUT2D eigenvalue weighted by molar-refractivity contribution is -0.121. The van der Waals surface area contributed by atoms with Gasteiger partial charge in [0.2, 0.25) is 11.8 Å². The lowest BCUT2D eigenvalue weighted by Gasteiger charge is -2.13. The Bertz CT molecular complexity index is 636. The van der Waals surface area contributed by atoms with Crippen LogP contribution in [0.3, 0.4) is 0 Å². The minimum absolute atomic E-state index is 0.0214. The van der Waals surface area contributed by atoms with Gasteiger partial charge in [0.15, 0.2) is 5.11 Å². The van der Waals surface area contributed by atoms with E-state index in [0.717, 1.165) is 42.6 Å². The molecule has 2 aliphatic carbocycles. The Morgan fingerprint density at radius 1 is 1.05 bits per heavy atom. The Balaban J connectivity index is 1.61. The van der Waals surface area contributed by atoms with Crippen LogP contribution < -0.4 is 16.0 Å². The molecular formula is C16H19N3O2S. The molecule has 22 heavy (non-hydrogen) atoms. The van der Waals surface area contributed by atoms with Crippen LogP contribution in [0.25, 0.3) is 0 Å². The van der Waals surface area contributed by atoms with E-state index in [1.807, 2.05) is 25.1 Å². The molecule has 0 atom stereocenters. The summed E-state index contributed by atoms with van der Waals surface area (Å²) in [5, 5.41) is 8.91. The molecule has 0 aliphatic heterocycles. The molecule has 2 amide bonds. The van der Waals surface area contributed by atoms with Gasteiger partial charge in [-0.1, -0.05) is 6.07 Å². The molecule has 1 aromatic rings. The van der Waals surface area contributed by atoms with Crippen molar-refractivity contribution in [1.82, 2.24) is 5.32 Å². The van der Waals surface area contributed by atoms with Gasteiger partial charge in [0, 0.05) is 23.2 Å². The molecule has 0 saturated heterocycles. The highest BCUT2D eigenvalue weighted by atomic mass is 32.1. The lowest BCUT2D eigenvalue weighted by atomic mass is 10.1. The third-order valence-electron chi connectivity index (χ3n) is 3.89. The fraction of sp³-hybridized carbons (Fsp3) is 0.438. The Morgan fingerprint density at radius 2 is 1.68 bits per heavy atom. The number of hydrogen-bond acceptors (Lipinski definition) is 3. The van der Waals surface area contributed by atoms with Gasteiger partial charge in [-0.3, -0.25) is 9.59 Å². The number of anilines is 2. The van der Waals surface area contributed by atoms with E-state index in [1.165, 1.54) is 0 Å². The monoisotopic (exact) mass is 317 g/mol. The summed E-state index contributed by atoms with van der Waals surface area (Å²) >= 11 is 5.14. The molecule has 0 unspecified atom stereocenters. The van der Waals surface area contributed by atoms with Gasteiger partial charge in [0.05, 0.1) is 0 Å². The van der Waals surface area contributed by atoms with E-state index in [2.05, 4.69) is 16.0 Å². The van der Waals surface area contributed by atoms with Crippen LogP contribution in [-0.4, -0.2) is 16.9 Å². The summed E-state index contributed by atoms with van der Waals surface area (Å²) in [4.78, 5) is 23.5. The highest BCUT2D eigenvalue weighted by molar-refractivity contribution is 7.80.